The lowest BCUT2D eigenvalue weighted by atomic mass is 10.1. The Kier molecular flexibility index (Phi) is 5.58. The lowest BCUT2D eigenvalue weighted by molar-refractivity contribution is 0.0981. The van der Waals surface area contributed by atoms with Crippen molar-refractivity contribution in [1.82, 2.24) is 9.97 Å². The van der Waals surface area contributed by atoms with Crippen LogP contribution in [0.1, 0.15) is 15.9 Å². The van der Waals surface area contributed by atoms with Crippen LogP contribution < -0.4 is 14.4 Å². The molecule has 0 unspecified atom stereocenters. The molecule has 0 aliphatic carbocycles. The van der Waals surface area contributed by atoms with Crippen LogP contribution in [0.5, 0.6) is 11.5 Å². The van der Waals surface area contributed by atoms with E-state index in [0.29, 0.717) is 26.9 Å². The summed E-state index contributed by atoms with van der Waals surface area (Å²) < 4.78 is 25.5. The van der Waals surface area contributed by atoms with Gasteiger partial charge in [-0.2, -0.15) is 0 Å². The minimum absolute atomic E-state index is 0.217. The number of para-hydroxylation sites is 1. The van der Waals surface area contributed by atoms with Gasteiger partial charge in [0.25, 0.3) is 5.91 Å². The fraction of sp³-hybridized carbons (Fsp3) is 0.136. The van der Waals surface area contributed by atoms with E-state index >= 15 is 0 Å². The number of thiazole rings is 1. The van der Waals surface area contributed by atoms with E-state index in [-0.39, 0.29) is 18.0 Å². The fourth-order valence-electron chi connectivity index (χ4n) is 3.05. The Morgan fingerprint density at radius 3 is 2.70 bits per heavy atom. The molecule has 4 rings (SSSR count). The number of amides is 1. The number of methoxy groups -OCH3 is 2. The minimum Gasteiger partial charge on any atom is -0.497 e. The van der Waals surface area contributed by atoms with Crippen LogP contribution >= 0.6 is 11.3 Å². The van der Waals surface area contributed by atoms with Crippen molar-refractivity contribution in [3.63, 3.8) is 0 Å². The van der Waals surface area contributed by atoms with Gasteiger partial charge in [-0.25, -0.2) is 9.37 Å². The number of carbonyl (C=O) groups excluding carboxylic acids is 1. The molecule has 0 atom stereocenters. The fourth-order valence-corrected chi connectivity index (χ4v) is 4.02. The average molecular weight is 423 g/mol. The van der Waals surface area contributed by atoms with Gasteiger partial charge in [0, 0.05) is 12.4 Å². The Labute approximate surface area is 176 Å². The number of pyridine rings is 1. The lowest BCUT2D eigenvalue weighted by Gasteiger charge is -2.21. The number of nitrogens with zero attached hydrogens (tertiary/aromatic N) is 3. The number of aromatic nitrogens is 2. The largest absolute Gasteiger partial charge is 0.497 e. The van der Waals surface area contributed by atoms with Crippen molar-refractivity contribution in [2.24, 2.45) is 0 Å². The van der Waals surface area contributed by atoms with Gasteiger partial charge < -0.3 is 9.47 Å². The Morgan fingerprint density at radius 2 is 2.00 bits per heavy atom. The van der Waals surface area contributed by atoms with Gasteiger partial charge in [0.1, 0.15) is 22.8 Å². The molecule has 0 spiro atoms. The molecule has 30 heavy (non-hydrogen) atoms. The molecular weight excluding hydrogens is 405 g/mol. The van der Waals surface area contributed by atoms with Gasteiger partial charge in [-0.1, -0.05) is 23.5 Å². The van der Waals surface area contributed by atoms with Crippen LogP contribution in [0.15, 0.2) is 60.9 Å². The van der Waals surface area contributed by atoms with Crippen molar-refractivity contribution in [1.29, 1.82) is 0 Å². The van der Waals surface area contributed by atoms with E-state index in [0.717, 1.165) is 5.56 Å². The summed E-state index contributed by atoms with van der Waals surface area (Å²) in [7, 11) is 3.02. The predicted octanol–water partition coefficient (Wildman–Crippen LogP) is 4.69. The van der Waals surface area contributed by atoms with Crippen molar-refractivity contribution in [2.45, 2.75) is 6.54 Å². The summed E-state index contributed by atoms with van der Waals surface area (Å²) >= 11 is 1.25. The molecule has 8 heteroatoms. The second-order valence-corrected chi connectivity index (χ2v) is 7.41. The Hall–Kier alpha value is -3.52. The third kappa shape index (κ3) is 3.81. The van der Waals surface area contributed by atoms with E-state index in [1.807, 2.05) is 6.07 Å². The second-order valence-electron chi connectivity index (χ2n) is 6.40. The van der Waals surface area contributed by atoms with Gasteiger partial charge in [0.15, 0.2) is 5.13 Å². The van der Waals surface area contributed by atoms with Crippen LogP contribution in [-0.2, 0) is 6.54 Å². The summed E-state index contributed by atoms with van der Waals surface area (Å²) in [6.45, 7) is 0.217. The molecule has 1 amide bonds. The Balaban J connectivity index is 1.82. The van der Waals surface area contributed by atoms with Gasteiger partial charge in [0.2, 0.25) is 0 Å². The van der Waals surface area contributed by atoms with Crippen molar-refractivity contribution in [2.75, 3.05) is 19.1 Å². The molecule has 0 fully saturated rings. The molecule has 2 aromatic carbocycles. The maximum atomic E-state index is 14.2. The summed E-state index contributed by atoms with van der Waals surface area (Å²) in [6, 6.07) is 13.4. The molecule has 0 aliphatic rings. The minimum atomic E-state index is -0.428. The van der Waals surface area contributed by atoms with Crippen LogP contribution in [0.25, 0.3) is 10.2 Å². The van der Waals surface area contributed by atoms with Crippen LogP contribution in [0, 0.1) is 5.82 Å². The molecule has 0 aliphatic heterocycles. The monoisotopic (exact) mass is 423 g/mol. The van der Waals surface area contributed by atoms with Gasteiger partial charge in [-0.15, -0.1) is 0 Å². The highest BCUT2D eigenvalue weighted by molar-refractivity contribution is 7.22. The van der Waals surface area contributed by atoms with Crippen molar-refractivity contribution in [3.8, 4) is 11.5 Å². The lowest BCUT2D eigenvalue weighted by Crippen LogP contribution is -2.30. The predicted molar refractivity (Wildman–Crippen MR) is 114 cm³/mol. The van der Waals surface area contributed by atoms with Crippen molar-refractivity contribution >= 4 is 32.6 Å². The summed E-state index contributed by atoms with van der Waals surface area (Å²) in [5.74, 6) is 0.164. The SMILES string of the molecule is COc1ccc(OC)c(C(=O)N(Cc2cccnc2)c2nc3c(F)cccc3s2)c1. The normalized spacial score (nSPS) is 10.8. The van der Waals surface area contributed by atoms with Crippen LogP contribution in [0.3, 0.4) is 0 Å². The molecule has 2 aromatic heterocycles. The summed E-state index contributed by atoms with van der Waals surface area (Å²) in [5, 5.41) is 0.383. The molecule has 152 valence electrons. The zero-order chi connectivity index (χ0) is 21.1. The smallest absolute Gasteiger partial charge is 0.264 e. The van der Waals surface area contributed by atoms with Crippen molar-refractivity contribution in [3.05, 3.63) is 77.9 Å². The van der Waals surface area contributed by atoms with Crippen molar-refractivity contribution < 1.29 is 18.7 Å². The first-order valence-electron chi connectivity index (χ1n) is 9.08. The van der Waals surface area contributed by atoms with E-state index in [9.17, 15) is 9.18 Å². The molecule has 2 heterocycles. The maximum absolute atomic E-state index is 14.2. The first-order chi connectivity index (χ1) is 14.6. The molecular formula is C22H18FN3O3S. The quantitative estimate of drug-likeness (QED) is 0.450. The summed E-state index contributed by atoms with van der Waals surface area (Å²) in [4.78, 5) is 23.6. The first-order valence-corrected chi connectivity index (χ1v) is 9.90. The molecule has 0 radical (unpaired) electrons. The van der Waals surface area contributed by atoms with E-state index < -0.39 is 5.82 Å². The number of hydrogen-bond donors (Lipinski definition) is 0. The number of fused-ring (bicyclic) bond motifs is 1. The Morgan fingerprint density at radius 1 is 1.13 bits per heavy atom. The standard InChI is InChI=1S/C22H18FN3O3S/c1-28-15-8-9-18(29-2)16(11-15)21(27)26(13-14-5-4-10-24-12-14)22-25-20-17(23)6-3-7-19(20)30-22/h3-12H,13H2,1-2H3. The molecule has 0 bridgehead atoms. The van der Waals surface area contributed by atoms with Gasteiger partial charge in [-0.3, -0.25) is 14.7 Å². The third-order valence-corrected chi connectivity index (χ3v) is 5.58. The molecule has 0 saturated heterocycles. The van der Waals surface area contributed by atoms with Gasteiger partial charge in [-0.05, 0) is 42.0 Å². The molecule has 0 saturated carbocycles. The highest BCUT2D eigenvalue weighted by Gasteiger charge is 2.25. The van der Waals surface area contributed by atoms with Gasteiger partial charge >= 0.3 is 0 Å². The number of ether oxygens (including phenoxy) is 2. The number of rotatable bonds is 6. The summed E-state index contributed by atoms with van der Waals surface area (Å²) in [5.41, 5.74) is 1.37. The average Bonchev–Trinajstić information content (AvgIpc) is 3.22. The summed E-state index contributed by atoms with van der Waals surface area (Å²) in [6.07, 6.45) is 3.34. The van der Waals surface area contributed by atoms with Crippen LogP contribution in [-0.4, -0.2) is 30.1 Å². The number of anilines is 1. The number of halogens is 1. The molecule has 4 aromatic rings. The first kappa shape index (κ1) is 19.8. The Bertz CT molecular complexity index is 1200. The number of carbonyl (C=O) groups is 1. The van der Waals surface area contributed by atoms with Crippen LogP contribution in [0.2, 0.25) is 0 Å². The third-order valence-electron chi connectivity index (χ3n) is 4.54. The molecule has 6 nitrogen and oxygen atoms in total. The van der Waals surface area contributed by atoms with E-state index in [2.05, 4.69) is 9.97 Å². The highest BCUT2D eigenvalue weighted by atomic mass is 32.1. The second kappa shape index (κ2) is 8.46. The van der Waals surface area contributed by atoms with E-state index in [4.69, 9.17) is 9.47 Å². The highest BCUT2D eigenvalue weighted by Crippen LogP contribution is 2.34. The van der Waals surface area contributed by atoms with E-state index in [1.54, 1.807) is 48.8 Å². The zero-order valence-electron chi connectivity index (χ0n) is 16.3. The number of benzene rings is 2. The maximum Gasteiger partial charge on any atom is 0.264 e. The topological polar surface area (TPSA) is 64.6 Å². The number of hydrogen-bond acceptors (Lipinski definition) is 6. The van der Waals surface area contributed by atoms with Crippen LogP contribution in [0.4, 0.5) is 9.52 Å². The zero-order valence-corrected chi connectivity index (χ0v) is 17.1. The van der Waals surface area contributed by atoms with E-state index in [1.165, 1.54) is 36.5 Å². The van der Waals surface area contributed by atoms with Gasteiger partial charge in [0.05, 0.1) is 31.0 Å². The molecule has 0 N–H and O–H groups in total.